The van der Waals surface area contributed by atoms with Crippen LogP contribution < -0.4 is 15.5 Å². The highest BCUT2D eigenvalue weighted by atomic mass is 79.9. The number of rotatable bonds is 13. The predicted molar refractivity (Wildman–Crippen MR) is 263 cm³/mol. The van der Waals surface area contributed by atoms with Crippen molar-refractivity contribution in [2.45, 2.75) is 96.1 Å². The van der Waals surface area contributed by atoms with E-state index < -0.39 is 60.1 Å². The maximum Gasteiger partial charge on any atom is 0.399 e. The molecule has 4 aliphatic heterocycles. The molecule has 3 atom stereocenters. The fourth-order valence-electron chi connectivity index (χ4n) is 9.44. The van der Waals surface area contributed by atoms with E-state index in [9.17, 15) is 56.7 Å². The third-order valence-electron chi connectivity index (χ3n) is 13.4. The fraction of sp³-hybridized carbons (Fsp3) is 0.420. The second-order valence-electron chi connectivity index (χ2n) is 19.4. The van der Waals surface area contributed by atoms with Crippen molar-refractivity contribution < 1.29 is 56.7 Å². The van der Waals surface area contributed by atoms with Gasteiger partial charge in [0.2, 0.25) is 29.5 Å². The summed E-state index contributed by atoms with van der Waals surface area (Å²) in [4.78, 5) is 119. The number of fused-ring (bicyclic) bond motifs is 2. The van der Waals surface area contributed by atoms with Crippen LogP contribution in [-0.2, 0) is 40.7 Å². The van der Waals surface area contributed by atoms with Crippen LogP contribution in [0.2, 0.25) is 0 Å². The lowest BCUT2D eigenvalue weighted by molar-refractivity contribution is -0.141. The average molecular weight is 1080 g/mol. The van der Waals surface area contributed by atoms with Gasteiger partial charge in [0, 0.05) is 83.5 Å². The molecule has 8 rings (SSSR count). The Morgan fingerprint density at radius 2 is 1.75 bits per heavy atom. The van der Waals surface area contributed by atoms with Crippen molar-refractivity contribution in [3.8, 4) is 11.8 Å². The lowest BCUT2D eigenvalue weighted by atomic mass is 9.85. The monoisotopic (exact) mass is 1080 g/mol. The SMILES string of the molecule is CC(C)(C)[C@H](NC(=O)c1cc2cc(C(F)(F)P(=O)(O)O)ccc2s1)C(=O)N1CCC[C@H]1C(=O)N(CCC(=O)N1CC(CCC#Cc2cccc3c2CN(C2CCC(=O)NC2=O)C3=O)C1)c1ccc(Br)cc1. The van der Waals surface area contributed by atoms with Crippen molar-refractivity contribution in [1.29, 1.82) is 0 Å². The number of benzene rings is 3. The Bertz CT molecular complexity index is 2940. The Kier molecular flexibility index (Phi) is 14.8. The van der Waals surface area contributed by atoms with Gasteiger partial charge in [-0.1, -0.05) is 60.7 Å². The van der Waals surface area contributed by atoms with Gasteiger partial charge in [-0.05, 0) is 103 Å². The Morgan fingerprint density at radius 1 is 1.01 bits per heavy atom. The number of nitrogens with zero attached hydrogens (tertiary/aromatic N) is 4. The van der Waals surface area contributed by atoms with Gasteiger partial charge >= 0.3 is 13.3 Å². The molecule has 374 valence electrons. The van der Waals surface area contributed by atoms with E-state index >= 15 is 0 Å². The number of hydrogen-bond donors (Lipinski definition) is 4. The highest BCUT2D eigenvalue weighted by molar-refractivity contribution is 9.10. The molecular formula is C50H52BrF2N6O10PS. The van der Waals surface area contributed by atoms with Gasteiger partial charge in [-0.2, -0.15) is 8.78 Å². The summed E-state index contributed by atoms with van der Waals surface area (Å²) in [5.74, 6) is 3.87. The van der Waals surface area contributed by atoms with Gasteiger partial charge in [-0.25, -0.2) is 0 Å². The first-order chi connectivity index (χ1) is 33.5. The third-order valence-corrected chi connectivity index (χ3v) is 16.0. The second-order valence-corrected chi connectivity index (χ2v) is 23.0. The summed E-state index contributed by atoms with van der Waals surface area (Å²) in [5.41, 5.74) is -3.71. The number of hydrogen-bond acceptors (Lipinski definition) is 9. The highest BCUT2D eigenvalue weighted by Crippen LogP contribution is 2.59. The summed E-state index contributed by atoms with van der Waals surface area (Å²) in [6.45, 7) is 6.86. The average Bonchev–Trinajstić information content (AvgIpc) is 4.05. The van der Waals surface area contributed by atoms with Crippen LogP contribution in [0.15, 0.2) is 71.2 Å². The number of thiophene rings is 1. The molecular weight excluding hydrogens is 1030 g/mol. The van der Waals surface area contributed by atoms with Gasteiger partial charge in [-0.15, -0.1) is 11.3 Å². The maximum absolute atomic E-state index is 14.6. The van der Waals surface area contributed by atoms with E-state index in [-0.39, 0.29) is 78.7 Å². The Morgan fingerprint density at radius 3 is 2.44 bits per heavy atom. The molecule has 16 nitrogen and oxygen atoms in total. The Labute approximate surface area is 420 Å². The molecule has 0 bridgehead atoms. The second kappa shape index (κ2) is 20.3. The number of nitrogens with one attached hydrogen (secondary N) is 2. The van der Waals surface area contributed by atoms with E-state index in [0.717, 1.165) is 39.9 Å². The van der Waals surface area contributed by atoms with E-state index in [2.05, 4.69) is 38.4 Å². The third kappa shape index (κ3) is 10.8. The number of carbonyl (C=O) groups excluding carboxylic acids is 7. The van der Waals surface area contributed by atoms with Crippen LogP contribution in [0.1, 0.15) is 102 Å². The zero-order chi connectivity index (χ0) is 51.2. The van der Waals surface area contributed by atoms with Gasteiger partial charge in [0.1, 0.15) is 18.1 Å². The summed E-state index contributed by atoms with van der Waals surface area (Å²) in [6.07, 6.45) is 2.62. The van der Waals surface area contributed by atoms with Crippen molar-refractivity contribution in [2.24, 2.45) is 11.3 Å². The van der Waals surface area contributed by atoms with Crippen LogP contribution >= 0.6 is 34.9 Å². The number of halogens is 3. The van der Waals surface area contributed by atoms with Crippen molar-refractivity contribution in [3.05, 3.63) is 98.3 Å². The molecule has 4 aliphatic rings. The standard InChI is InChI=1S/C50H52BrF2N6O10PS/c1-49(2,3)43(55-45(63)40-25-31-24-32(13-19-39(31)71-40)50(52,53)70(67,68)69)48(66)58-22-7-12-38(58)47(65)57(34-16-14-33(51)15-17-34)23-21-42(61)56-26-29(27-56)8-4-5-9-30-10-6-11-35-36(30)28-59(46(35)64)37-18-20-41(60)54-44(37)62/h6,10-11,13-17,19,24-25,29,37-38,43H,4,7-8,12,18,20-23,26-28H2,1-3H3,(H,55,63)(H,54,60,62)(H2,67,68,69)/t37?,38-,43+/m0/s1. The summed E-state index contributed by atoms with van der Waals surface area (Å²) in [6, 6.07) is 14.0. The van der Waals surface area contributed by atoms with Gasteiger partial charge in [0.15, 0.2) is 0 Å². The van der Waals surface area contributed by atoms with Gasteiger partial charge in [0.25, 0.3) is 11.8 Å². The van der Waals surface area contributed by atoms with Crippen LogP contribution in [0.25, 0.3) is 10.1 Å². The van der Waals surface area contributed by atoms with Crippen LogP contribution in [0.5, 0.6) is 0 Å². The topological polar surface area (TPSA) is 214 Å². The minimum absolute atomic E-state index is 0.0248. The quantitative estimate of drug-likeness (QED) is 0.0648. The number of anilines is 1. The molecule has 3 saturated heterocycles. The lowest BCUT2D eigenvalue weighted by Crippen LogP contribution is -2.58. The molecule has 71 heavy (non-hydrogen) atoms. The number of amides is 7. The van der Waals surface area contributed by atoms with Crippen molar-refractivity contribution in [1.82, 2.24) is 25.3 Å². The smallest absolute Gasteiger partial charge is 0.342 e. The summed E-state index contributed by atoms with van der Waals surface area (Å²) in [5, 5.41) is 5.29. The van der Waals surface area contributed by atoms with E-state index in [0.29, 0.717) is 53.9 Å². The van der Waals surface area contributed by atoms with Crippen LogP contribution in [0.3, 0.4) is 0 Å². The molecule has 4 aromatic rings. The van der Waals surface area contributed by atoms with Gasteiger partial charge in [-0.3, -0.25) is 43.4 Å². The van der Waals surface area contributed by atoms with Crippen LogP contribution in [0, 0.1) is 23.2 Å². The molecule has 0 aliphatic carbocycles. The number of piperidine rings is 1. The fourth-order valence-corrected chi connectivity index (χ4v) is 11.1. The highest BCUT2D eigenvalue weighted by Gasteiger charge is 2.50. The normalized spacial score (nSPS) is 18.9. The molecule has 0 spiro atoms. The molecule has 7 amide bonds. The largest absolute Gasteiger partial charge is 0.399 e. The number of likely N-dealkylation sites (tertiary alicyclic amines) is 2. The molecule has 21 heteroatoms. The van der Waals surface area contributed by atoms with Crippen LogP contribution in [0.4, 0.5) is 14.5 Å². The van der Waals surface area contributed by atoms with Crippen molar-refractivity contribution >= 4 is 92.0 Å². The Balaban J connectivity index is 0.877. The minimum atomic E-state index is -5.83. The first-order valence-corrected chi connectivity index (χ1v) is 26.4. The molecule has 3 aromatic carbocycles. The molecule has 1 unspecified atom stereocenters. The summed E-state index contributed by atoms with van der Waals surface area (Å²) < 4.78 is 41.7. The number of alkyl halides is 2. The van der Waals surface area contributed by atoms with Crippen LogP contribution in [-0.4, -0.2) is 110 Å². The molecule has 3 fully saturated rings. The molecule has 5 heterocycles. The first kappa shape index (κ1) is 51.5. The minimum Gasteiger partial charge on any atom is -0.342 e. The molecule has 4 N–H and O–H groups in total. The number of carbonyl (C=O) groups is 7. The maximum atomic E-state index is 14.6. The van der Waals surface area contributed by atoms with E-state index in [1.807, 2.05) is 6.07 Å². The number of imide groups is 1. The summed E-state index contributed by atoms with van der Waals surface area (Å²) in [7, 11) is -5.83. The molecule has 0 saturated carbocycles. The van der Waals surface area contributed by atoms with Gasteiger partial charge < -0.3 is 34.7 Å². The zero-order valence-corrected chi connectivity index (χ0v) is 42.4. The van der Waals surface area contributed by atoms with E-state index in [4.69, 9.17) is 0 Å². The first-order valence-electron chi connectivity index (χ1n) is 23.2. The summed E-state index contributed by atoms with van der Waals surface area (Å²) >= 11 is 4.40. The van der Waals surface area contributed by atoms with E-state index in [1.165, 1.54) is 26.8 Å². The zero-order valence-electron chi connectivity index (χ0n) is 39.1. The molecule has 1 aromatic heterocycles. The van der Waals surface area contributed by atoms with Gasteiger partial charge in [0.05, 0.1) is 4.88 Å². The van der Waals surface area contributed by atoms with E-state index in [1.54, 1.807) is 62.1 Å². The lowest BCUT2D eigenvalue weighted by Gasteiger charge is -2.40. The molecule has 0 radical (unpaired) electrons. The Hall–Kier alpha value is -5.84. The van der Waals surface area contributed by atoms with Crippen molar-refractivity contribution in [3.63, 3.8) is 0 Å². The predicted octanol–water partition coefficient (Wildman–Crippen LogP) is 6.50. The van der Waals surface area contributed by atoms with Crippen molar-refractivity contribution in [2.75, 3.05) is 31.1 Å².